The monoisotopic (exact) mass is 242 g/mol. The molecular weight excluding hydrogens is 228 g/mol. The summed E-state index contributed by atoms with van der Waals surface area (Å²) in [4.78, 5) is 8.73. The van der Waals surface area contributed by atoms with Gasteiger partial charge in [0.25, 0.3) is 0 Å². The predicted octanol–water partition coefficient (Wildman–Crippen LogP) is 1.88. The summed E-state index contributed by atoms with van der Waals surface area (Å²) in [6, 6.07) is 9.71. The summed E-state index contributed by atoms with van der Waals surface area (Å²) in [6.07, 6.45) is 2.57. The molecule has 92 valence electrons. The van der Waals surface area contributed by atoms with Gasteiger partial charge in [-0.05, 0) is 18.6 Å². The molecule has 1 aromatic carbocycles. The number of fused-ring (bicyclic) bond motifs is 1. The van der Waals surface area contributed by atoms with Gasteiger partial charge in [0.15, 0.2) is 0 Å². The number of para-hydroxylation sites is 1. The molecule has 2 heterocycles. The lowest BCUT2D eigenvalue weighted by atomic mass is 9.92. The van der Waals surface area contributed by atoms with Gasteiger partial charge in [-0.25, -0.2) is 9.97 Å². The topological polar surface area (TPSA) is 55.2 Å². The van der Waals surface area contributed by atoms with Crippen LogP contribution in [-0.4, -0.2) is 21.7 Å². The number of aliphatic hydroxyl groups excluding tert-OH is 1. The fraction of sp³-hybridized carbons (Fsp3) is 0.286. The third-order valence-electron chi connectivity index (χ3n) is 3.16. The molecule has 0 bridgehead atoms. The van der Waals surface area contributed by atoms with Crippen LogP contribution in [0, 0.1) is 0 Å². The standard InChI is InChI=1S/C14H14N2O2/c17-9-10-5-7-15-14(16-10)12-6-8-18-13-4-2-1-3-11(12)13/h1-5,7,12,17H,6,8-9H2. The van der Waals surface area contributed by atoms with Crippen molar-refractivity contribution < 1.29 is 9.84 Å². The molecule has 0 spiro atoms. The number of nitrogens with zero attached hydrogens (tertiary/aromatic N) is 2. The molecule has 0 saturated heterocycles. The van der Waals surface area contributed by atoms with E-state index in [1.807, 2.05) is 24.3 Å². The van der Waals surface area contributed by atoms with E-state index in [0.29, 0.717) is 12.3 Å². The first-order valence-electron chi connectivity index (χ1n) is 6.03. The second-order valence-electron chi connectivity index (χ2n) is 4.29. The molecule has 0 amide bonds. The normalized spacial score (nSPS) is 17.9. The Morgan fingerprint density at radius 1 is 1.28 bits per heavy atom. The van der Waals surface area contributed by atoms with Crippen molar-refractivity contribution in [3.63, 3.8) is 0 Å². The maximum Gasteiger partial charge on any atom is 0.136 e. The number of rotatable bonds is 2. The van der Waals surface area contributed by atoms with Crippen LogP contribution in [0.1, 0.15) is 29.4 Å². The van der Waals surface area contributed by atoms with Gasteiger partial charge in [0.05, 0.1) is 24.8 Å². The maximum atomic E-state index is 9.14. The van der Waals surface area contributed by atoms with Gasteiger partial charge in [0.1, 0.15) is 11.6 Å². The Morgan fingerprint density at radius 2 is 2.17 bits per heavy atom. The Hall–Kier alpha value is -1.94. The van der Waals surface area contributed by atoms with Crippen LogP contribution in [0.4, 0.5) is 0 Å². The number of aliphatic hydroxyl groups is 1. The molecule has 1 atom stereocenters. The number of aromatic nitrogens is 2. The molecule has 0 aliphatic carbocycles. The number of hydrogen-bond acceptors (Lipinski definition) is 4. The molecule has 1 aliphatic rings. The summed E-state index contributed by atoms with van der Waals surface area (Å²) in [7, 11) is 0. The Labute approximate surface area is 105 Å². The zero-order valence-electron chi connectivity index (χ0n) is 9.91. The summed E-state index contributed by atoms with van der Waals surface area (Å²) in [5.41, 5.74) is 1.78. The molecule has 18 heavy (non-hydrogen) atoms. The van der Waals surface area contributed by atoms with E-state index in [1.165, 1.54) is 0 Å². The smallest absolute Gasteiger partial charge is 0.136 e. The van der Waals surface area contributed by atoms with Crippen LogP contribution in [0.5, 0.6) is 5.75 Å². The van der Waals surface area contributed by atoms with E-state index in [4.69, 9.17) is 9.84 Å². The zero-order valence-corrected chi connectivity index (χ0v) is 9.91. The fourth-order valence-electron chi connectivity index (χ4n) is 2.28. The molecule has 1 aromatic heterocycles. The average Bonchev–Trinajstić information content (AvgIpc) is 2.47. The summed E-state index contributed by atoms with van der Waals surface area (Å²) < 4.78 is 5.63. The van der Waals surface area contributed by atoms with E-state index in [2.05, 4.69) is 9.97 Å². The second-order valence-corrected chi connectivity index (χ2v) is 4.29. The molecular formula is C14H14N2O2. The SMILES string of the molecule is OCc1ccnc(C2CCOc3ccccc32)n1. The number of benzene rings is 1. The highest BCUT2D eigenvalue weighted by Gasteiger charge is 2.24. The quantitative estimate of drug-likeness (QED) is 0.873. The molecule has 0 radical (unpaired) electrons. The van der Waals surface area contributed by atoms with E-state index in [1.54, 1.807) is 12.3 Å². The van der Waals surface area contributed by atoms with Gasteiger partial charge >= 0.3 is 0 Å². The minimum Gasteiger partial charge on any atom is -0.493 e. The predicted molar refractivity (Wildman–Crippen MR) is 66.4 cm³/mol. The Bertz CT molecular complexity index is 557. The van der Waals surface area contributed by atoms with E-state index in [-0.39, 0.29) is 12.5 Å². The van der Waals surface area contributed by atoms with Crippen molar-refractivity contribution >= 4 is 0 Å². The highest BCUT2D eigenvalue weighted by Crippen LogP contribution is 2.36. The van der Waals surface area contributed by atoms with Crippen molar-refractivity contribution in [2.24, 2.45) is 0 Å². The van der Waals surface area contributed by atoms with Crippen molar-refractivity contribution in [1.29, 1.82) is 0 Å². The van der Waals surface area contributed by atoms with Crippen molar-refractivity contribution in [3.8, 4) is 5.75 Å². The second kappa shape index (κ2) is 4.74. The lowest BCUT2D eigenvalue weighted by Crippen LogP contribution is -2.17. The first-order valence-corrected chi connectivity index (χ1v) is 6.03. The van der Waals surface area contributed by atoms with Crippen LogP contribution < -0.4 is 4.74 Å². The minimum absolute atomic E-state index is 0.0552. The van der Waals surface area contributed by atoms with Gasteiger partial charge in [-0.1, -0.05) is 18.2 Å². The molecule has 1 aliphatic heterocycles. The van der Waals surface area contributed by atoms with Crippen molar-refractivity contribution in [1.82, 2.24) is 9.97 Å². The van der Waals surface area contributed by atoms with Gasteiger partial charge in [-0.3, -0.25) is 0 Å². The maximum absolute atomic E-state index is 9.14. The lowest BCUT2D eigenvalue weighted by molar-refractivity contribution is 0.269. The molecule has 0 fully saturated rings. The van der Waals surface area contributed by atoms with Gasteiger partial charge in [0, 0.05) is 11.8 Å². The van der Waals surface area contributed by atoms with Gasteiger partial charge in [-0.2, -0.15) is 0 Å². The largest absolute Gasteiger partial charge is 0.493 e. The zero-order chi connectivity index (χ0) is 12.4. The molecule has 4 heteroatoms. The first kappa shape index (κ1) is 11.2. The Kier molecular flexibility index (Phi) is 2.94. The van der Waals surface area contributed by atoms with Crippen LogP contribution >= 0.6 is 0 Å². The summed E-state index contributed by atoms with van der Waals surface area (Å²) in [5, 5.41) is 9.14. The van der Waals surface area contributed by atoms with Crippen molar-refractivity contribution in [3.05, 3.63) is 53.6 Å². The van der Waals surface area contributed by atoms with Crippen LogP contribution in [-0.2, 0) is 6.61 Å². The highest BCUT2D eigenvalue weighted by molar-refractivity contribution is 5.40. The fourth-order valence-corrected chi connectivity index (χ4v) is 2.28. The molecule has 4 nitrogen and oxygen atoms in total. The van der Waals surface area contributed by atoms with Crippen LogP contribution in [0.3, 0.4) is 0 Å². The van der Waals surface area contributed by atoms with Crippen molar-refractivity contribution in [2.75, 3.05) is 6.61 Å². The summed E-state index contributed by atoms with van der Waals surface area (Å²) in [5.74, 6) is 1.82. The van der Waals surface area contributed by atoms with Crippen LogP contribution in [0.2, 0.25) is 0 Å². The molecule has 2 aromatic rings. The highest BCUT2D eigenvalue weighted by atomic mass is 16.5. The molecule has 1 unspecified atom stereocenters. The minimum atomic E-state index is -0.0552. The van der Waals surface area contributed by atoms with Gasteiger partial charge in [0.2, 0.25) is 0 Å². The Balaban J connectivity index is 2.02. The summed E-state index contributed by atoms with van der Waals surface area (Å²) in [6.45, 7) is 0.620. The van der Waals surface area contributed by atoms with Crippen LogP contribution in [0.25, 0.3) is 0 Å². The number of hydrogen-bond donors (Lipinski definition) is 1. The third-order valence-corrected chi connectivity index (χ3v) is 3.16. The molecule has 1 N–H and O–H groups in total. The average molecular weight is 242 g/mol. The lowest BCUT2D eigenvalue weighted by Gasteiger charge is -2.24. The van der Waals surface area contributed by atoms with Gasteiger partial charge in [-0.15, -0.1) is 0 Å². The Morgan fingerprint density at radius 3 is 3.06 bits per heavy atom. The first-order chi connectivity index (χ1) is 8.88. The van der Waals surface area contributed by atoms with Gasteiger partial charge < -0.3 is 9.84 Å². The van der Waals surface area contributed by atoms with E-state index >= 15 is 0 Å². The number of ether oxygens (including phenoxy) is 1. The van der Waals surface area contributed by atoms with E-state index in [0.717, 1.165) is 23.6 Å². The third kappa shape index (κ3) is 1.95. The van der Waals surface area contributed by atoms with Crippen molar-refractivity contribution in [2.45, 2.75) is 18.9 Å². The molecule has 3 rings (SSSR count). The van der Waals surface area contributed by atoms with Crippen LogP contribution in [0.15, 0.2) is 36.5 Å². The van der Waals surface area contributed by atoms with E-state index < -0.39 is 0 Å². The summed E-state index contributed by atoms with van der Waals surface area (Å²) >= 11 is 0. The molecule has 0 saturated carbocycles. The van der Waals surface area contributed by atoms with E-state index in [9.17, 15) is 0 Å².